The van der Waals surface area contributed by atoms with Gasteiger partial charge in [0.1, 0.15) is 24.0 Å². The van der Waals surface area contributed by atoms with Crippen LogP contribution in [0.25, 0.3) is 72.1 Å². The highest BCUT2D eigenvalue weighted by molar-refractivity contribution is 6.09. The van der Waals surface area contributed by atoms with E-state index in [0.717, 1.165) is 63.4 Å². The number of hydrogen-bond donors (Lipinski definition) is 0. The minimum Gasteiger partial charge on any atom is -0.457 e. The second-order valence-electron chi connectivity index (χ2n) is 25.3. The van der Waals surface area contributed by atoms with E-state index in [4.69, 9.17) is 19.3 Å². The summed E-state index contributed by atoms with van der Waals surface area (Å²) in [4.78, 5) is 9.71. The molecule has 2 aromatic heterocycles. The van der Waals surface area contributed by atoms with E-state index in [1.165, 1.54) is 28.5 Å². The van der Waals surface area contributed by atoms with Crippen molar-refractivity contribution in [1.82, 2.24) is 9.55 Å². The van der Waals surface area contributed by atoms with Gasteiger partial charge >= 0.3 is 0 Å². The van der Waals surface area contributed by atoms with E-state index in [2.05, 4.69) is 174 Å². The molecule has 9 aromatic carbocycles. The quantitative estimate of drug-likeness (QED) is 0.144. The zero-order valence-corrected chi connectivity index (χ0v) is 47.9. The Kier molecular flexibility index (Phi) is 10.2. The van der Waals surface area contributed by atoms with Gasteiger partial charge in [-0.15, -0.1) is 0 Å². The lowest BCUT2D eigenvalue weighted by Gasteiger charge is -2.42. The van der Waals surface area contributed by atoms with Gasteiger partial charge in [0.15, 0.2) is 0 Å². The maximum absolute atomic E-state index is 9.34. The van der Waals surface area contributed by atoms with Gasteiger partial charge in [0.2, 0.25) is 0 Å². The van der Waals surface area contributed by atoms with Crippen molar-refractivity contribution in [2.24, 2.45) is 0 Å². The summed E-state index contributed by atoms with van der Waals surface area (Å²) in [7, 11) is 0. The predicted octanol–water partition coefficient (Wildman–Crippen LogP) is 20.8. The van der Waals surface area contributed by atoms with Crippen molar-refractivity contribution in [1.29, 1.82) is 0 Å². The van der Waals surface area contributed by atoms with Crippen molar-refractivity contribution >= 4 is 44.6 Å². The molecular weight excluding hydrogens is 985 g/mol. The van der Waals surface area contributed by atoms with Crippen LogP contribution >= 0.6 is 0 Å². The number of anilines is 4. The standard InChI is InChI=1S/C76H72N4O/c1-73(2,3)55-43-61(53-34-32-51(33-35-53)50-22-13-11-14-23-50)72(62(44-55)54-36-39-64-66(42-54)76(9,10)41-40-75(64,7)8)79-49-78(68-30-19-20-31-69(68)79)56-26-21-27-57(45-56)81-58-37-38-60-59-28-17-18-29-67(59)80(70(60)46-58)71-47-65(74(4,5)6)63(48-77-71)52-24-15-12-16-25-52/h11-39,42-48H,40-41,49H2,1-10H3/i12D,15D,16D,17D,18D,24D,25D,28D,29D. The Morgan fingerprint density at radius 1 is 0.481 bits per heavy atom. The highest BCUT2D eigenvalue weighted by atomic mass is 16.5. The summed E-state index contributed by atoms with van der Waals surface area (Å²) in [6, 6.07) is 52.1. The lowest BCUT2D eigenvalue weighted by molar-refractivity contribution is 0.332. The lowest BCUT2D eigenvalue weighted by atomic mass is 9.63. The third-order valence-electron chi connectivity index (χ3n) is 16.9. The smallest absolute Gasteiger partial charge is 0.137 e. The van der Waals surface area contributed by atoms with Crippen molar-refractivity contribution in [2.45, 2.75) is 104 Å². The molecule has 11 aromatic rings. The summed E-state index contributed by atoms with van der Waals surface area (Å²) < 4.78 is 87.8. The van der Waals surface area contributed by atoms with Crippen molar-refractivity contribution in [3.05, 3.63) is 241 Å². The van der Waals surface area contributed by atoms with E-state index in [1.54, 1.807) is 10.6 Å². The molecule has 0 saturated heterocycles. The Morgan fingerprint density at radius 2 is 1.11 bits per heavy atom. The fraction of sp³-hybridized carbons (Fsp3) is 0.224. The first kappa shape index (κ1) is 42.2. The molecule has 3 heterocycles. The number of pyridine rings is 1. The molecule has 0 spiro atoms. The van der Waals surface area contributed by atoms with Gasteiger partial charge in [0, 0.05) is 51.5 Å². The molecule has 5 nitrogen and oxygen atoms in total. The first-order valence-electron chi connectivity index (χ1n) is 32.7. The molecule has 81 heavy (non-hydrogen) atoms. The fourth-order valence-electron chi connectivity index (χ4n) is 12.3. The number of nitrogens with zero attached hydrogens (tertiary/aromatic N) is 4. The number of ether oxygens (including phenoxy) is 1. The van der Waals surface area contributed by atoms with Crippen molar-refractivity contribution in [2.75, 3.05) is 16.5 Å². The maximum Gasteiger partial charge on any atom is 0.137 e. The summed E-state index contributed by atoms with van der Waals surface area (Å²) >= 11 is 0. The van der Waals surface area contributed by atoms with Gasteiger partial charge in [-0.1, -0.05) is 209 Å². The number of benzene rings is 9. The molecule has 1 aliphatic heterocycles. The average Bonchev–Trinajstić information content (AvgIpc) is 1.48. The van der Waals surface area contributed by atoms with Crippen LogP contribution in [-0.4, -0.2) is 16.2 Å². The topological polar surface area (TPSA) is 33.5 Å². The van der Waals surface area contributed by atoms with Crippen LogP contribution < -0.4 is 14.5 Å². The number of para-hydroxylation sites is 3. The molecule has 1 aliphatic carbocycles. The van der Waals surface area contributed by atoms with Gasteiger partial charge in [-0.05, 0) is 145 Å². The first-order chi connectivity index (χ1) is 42.6. The van der Waals surface area contributed by atoms with E-state index in [1.807, 2.05) is 57.2 Å². The maximum atomic E-state index is 9.34. The highest BCUT2D eigenvalue weighted by Crippen LogP contribution is 2.54. The second kappa shape index (κ2) is 19.6. The van der Waals surface area contributed by atoms with Crippen LogP contribution in [0.15, 0.2) is 218 Å². The minimum atomic E-state index is -0.659. The number of aromatic nitrogens is 2. The Morgan fingerprint density at radius 3 is 1.84 bits per heavy atom. The second-order valence-corrected chi connectivity index (χ2v) is 25.3. The van der Waals surface area contributed by atoms with E-state index in [-0.39, 0.29) is 57.5 Å². The van der Waals surface area contributed by atoms with Gasteiger partial charge in [0.05, 0.1) is 40.4 Å². The first-order valence-corrected chi connectivity index (χ1v) is 28.2. The fourth-order valence-corrected chi connectivity index (χ4v) is 12.3. The normalized spacial score (nSPS) is 16.3. The molecule has 0 saturated carbocycles. The summed E-state index contributed by atoms with van der Waals surface area (Å²) in [6.07, 6.45) is 3.73. The van der Waals surface area contributed by atoms with Gasteiger partial charge < -0.3 is 14.5 Å². The van der Waals surface area contributed by atoms with Crippen LogP contribution in [0.4, 0.5) is 22.7 Å². The molecule has 5 heteroatoms. The van der Waals surface area contributed by atoms with Gasteiger partial charge in [-0.3, -0.25) is 4.57 Å². The molecular formula is C76H72N4O. The van der Waals surface area contributed by atoms with Crippen LogP contribution in [0, 0.1) is 0 Å². The van der Waals surface area contributed by atoms with Crippen LogP contribution in [0.1, 0.15) is 117 Å². The van der Waals surface area contributed by atoms with Crippen LogP contribution in [-0.2, 0) is 21.7 Å². The molecule has 0 bridgehead atoms. The van der Waals surface area contributed by atoms with E-state index >= 15 is 0 Å². The van der Waals surface area contributed by atoms with Crippen molar-refractivity contribution in [3.63, 3.8) is 0 Å². The number of fused-ring (bicyclic) bond motifs is 5. The third kappa shape index (κ3) is 9.37. The monoisotopic (exact) mass is 1070 g/mol. The number of hydrogen-bond acceptors (Lipinski definition) is 4. The molecule has 0 unspecified atom stereocenters. The summed E-state index contributed by atoms with van der Waals surface area (Å²) in [5, 5.41) is 0.851. The Balaban J connectivity index is 0.935. The molecule has 13 rings (SSSR count). The van der Waals surface area contributed by atoms with Crippen LogP contribution in [0.5, 0.6) is 11.5 Å². The summed E-state index contributed by atoms with van der Waals surface area (Å²) in [5.74, 6) is 1.30. The van der Waals surface area contributed by atoms with Crippen molar-refractivity contribution < 1.29 is 17.1 Å². The van der Waals surface area contributed by atoms with Gasteiger partial charge in [-0.25, -0.2) is 4.98 Å². The van der Waals surface area contributed by atoms with Crippen LogP contribution in [0.3, 0.4) is 0 Å². The molecule has 402 valence electrons. The average molecular weight is 1070 g/mol. The van der Waals surface area contributed by atoms with E-state index < -0.39 is 29.6 Å². The highest BCUT2D eigenvalue weighted by Gasteiger charge is 2.38. The summed E-state index contributed by atoms with van der Waals surface area (Å²) in [6.45, 7) is 22.8. The van der Waals surface area contributed by atoms with Crippen molar-refractivity contribution in [3.8, 4) is 61.8 Å². The van der Waals surface area contributed by atoms with Crippen LogP contribution in [0.2, 0.25) is 0 Å². The summed E-state index contributed by atoms with van der Waals surface area (Å²) in [5.41, 5.74) is 16.0. The Labute approximate surface area is 491 Å². The zero-order valence-electron chi connectivity index (χ0n) is 56.9. The molecule has 0 atom stereocenters. The Hall–Kier alpha value is -8.67. The van der Waals surface area contributed by atoms with Gasteiger partial charge in [0.25, 0.3) is 0 Å². The SMILES string of the molecule is [2H]c1c([2H])c([2H])c(-c2cnc(-n3c4cc(Oc5cccc(N6CN(c7c(-c8ccc(-c9ccccc9)cc8)cc(C(C)(C)C)cc7-c7ccc8c(c7)C(C)(C)CCC8(C)C)c7ccccc76)c5)ccc4c4c([2H])c([2H])c([2H])c([2H])c43)cc2C(C)(C)C)c([2H])c1[2H]. The third-order valence-corrected chi connectivity index (χ3v) is 16.9. The minimum absolute atomic E-state index is 0.00874. The molecule has 0 N–H and O–H groups in total. The number of rotatable bonds is 9. The van der Waals surface area contributed by atoms with Gasteiger partial charge in [-0.2, -0.15) is 0 Å². The lowest BCUT2D eigenvalue weighted by Crippen LogP contribution is -2.33. The molecule has 0 fully saturated rings. The Bertz CT molecular complexity index is 4720. The molecule has 0 radical (unpaired) electrons. The largest absolute Gasteiger partial charge is 0.457 e. The van der Waals surface area contributed by atoms with E-state index in [0.29, 0.717) is 51.4 Å². The zero-order chi connectivity index (χ0) is 63.8. The molecule has 2 aliphatic rings. The van der Waals surface area contributed by atoms with E-state index in [9.17, 15) is 2.74 Å². The predicted molar refractivity (Wildman–Crippen MR) is 342 cm³/mol. The molecule has 0 amide bonds.